The van der Waals surface area contributed by atoms with Crippen LogP contribution in [0.4, 0.5) is 0 Å². The molecule has 14 rings (SSSR count). The van der Waals surface area contributed by atoms with Gasteiger partial charge >= 0.3 is 0 Å². The second kappa shape index (κ2) is 15.6. The van der Waals surface area contributed by atoms with Crippen molar-refractivity contribution >= 4 is 65.6 Å². The molecule has 4 aromatic heterocycles. The van der Waals surface area contributed by atoms with E-state index < -0.39 is 0 Å². The zero-order chi connectivity index (χ0) is 45.4. The van der Waals surface area contributed by atoms with Crippen molar-refractivity contribution in [1.29, 1.82) is 0 Å². The number of fused-ring (bicyclic) bond motifs is 9. The van der Waals surface area contributed by atoms with Gasteiger partial charge in [0.1, 0.15) is 11.2 Å². The van der Waals surface area contributed by atoms with Crippen LogP contribution in [0.25, 0.3) is 133 Å². The Balaban J connectivity index is 0.919. The van der Waals surface area contributed by atoms with E-state index in [4.69, 9.17) is 19.4 Å². The molecule has 0 aliphatic carbocycles. The molecule has 0 unspecified atom stereocenters. The predicted octanol–water partition coefficient (Wildman–Crippen LogP) is 16.3. The summed E-state index contributed by atoms with van der Waals surface area (Å²) in [6, 6.07) is 83.4. The quantitative estimate of drug-likeness (QED) is 0.160. The maximum Gasteiger partial charge on any atom is 0.164 e. The molecule has 10 aromatic carbocycles. The average molecular weight is 882 g/mol. The summed E-state index contributed by atoms with van der Waals surface area (Å²) in [6.07, 6.45) is 0. The molecule has 0 atom stereocenters. The van der Waals surface area contributed by atoms with Crippen molar-refractivity contribution in [2.24, 2.45) is 0 Å². The minimum atomic E-state index is 0.564. The van der Waals surface area contributed by atoms with E-state index in [1.165, 1.54) is 38.2 Å². The van der Waals surface area contributed by atoms with E-state index in [0.29, 0.717) is 17.5 Å². The molecule has 0 saturated heterocycles. The minimum Gasteiger partial charge on any atom is -0.456 e. The predicted molar refractivity (Wildman–Crippen MR) is 283 cm³/mol. The molecule has 0 spiro atoms. The van der Waals surface area contributed by atoms with Gasteiger partial charge in [0.2, 0.25) is 0 Å². The van der Waals surface area contributed by atoms with Crippen LogP contribution in [0.5, 0.6) is 0 Å². The molecule has 6 heteroatoms. The average Bonchev–Trinajstić information content (AvgIpc) is 4.08. The molecule has 0 N–H and O–H groups in total. The van der Waals surface area contributed by atoms with Gasteiger partial charge in [-0.05, 0) is 107 Å². The van der Waals surface area contributed by atoms with Crippen LogP contribution in [0.3, 0.4) is 0 Å². The second-order valence-electron chi connectivity index (χ2n) is 17.6. The van der Waals surface area contributed by atoms with Crippen LogP contribution < -0.4 is 0 Å². The van der Waals surface area contributed by atoms with Gasteiger partial charge in [-0.15, -0.1) is 0 Å². The number of rotatable bonds is 7. The molecule has 4 heterocycles. The lowest BCUT2D eigenvalue weighted by Crippen LogP contribution is -2.01. The third-order valence-electron chi connectivity index (χ3n) is 13.6. The van der Waals surface area contributed by atoms with Crippen LogP contribution in [0.1, 0.15) is 0 Å². The largest absolute Gasteiger partial charge is 0.456 e. The number of hydrogen-bond acceptors (Lipinski definition) is 4. The Morgan fingerprint density at radius 1 is 0.246 bits per heavy atom. The Labute approximate surface area is 396 Å². The summed E-state index contributed by atoms with van der Waals surface area (Å²) in [5.74, 6) is 1.72. The van der Waals surface area contributed by atoms with Crippen LogP contribution in [0.2, 0.25) is 0 Å². The van der Waals surface area contributed by atoms with Crippen molar-refractivity contribution in [1.82, 2.24) is 24.1 Å². The number of aromatic nitrogens is 5. The van der Waals surface area contributed by atoms with E-state index >= 15 is 0 Å². The molecule has 6 nitrogen and oxygen atoms in total. The van der Waals surface area contributed by atoms with E-state index in [-0.39, 0.29) is 0 Å². The number of para-hydroxylation sites is 4. The molecule has 0 radical (unpaired) electrons. The summed E-state index contributed by atoms with van der Waals surface area (Å²) in [5, 5.41) is 6.93. The first-order chi connectivity index (χ1) is 34.2. The standard InChI is InChI=1S/C63H39N5O/c1-3-15-40(16-4-1)42-30-33-58-53(37-42)50-24-8-11-27-56(50)68(58)48-22-14-19-45(36-48)62-64-61(65-63(66-62)46-29-32-52-51-25-9-12-28-59(51)69-60(52)39-46)44-18-13-17-41(35-44)43-31-34-57-54(38-43)49-23-7-10-26-55(49)67(57)47-20-5-2-6-21-47/h1-39H. The lowest BCUT2D eigenvalue weighted by molar-refractivity contribution is 0.669. The highest BCUT2D eigenvalue weighted by Gasteiger charge is 2.19. The monoisotopic (exact) mass is 881 g/mol. The Morgan fingerprint density at radius 2 is 0.681 bits per heavy atom. The third kappa shape index (κ3) is 6.45. The molecular formula is C63H39N5O. The summed E-state index contributed by atoms with van der Waals surface area (Å²) in [6.45, 7) is 0. The second-order valence-corrected chi connectivity index (χ2v) is 17.6. The van der Waals surface area contributed by atoms with Crippen molar-refractivity contribution in [2.45, 2.75) is 0 Å². The number of benzene rings is 10. The molecule has 322 valence electrons. The first-order valence-electron chi connectivity index (χ1n) is 23.3. The van der Waals surface area contributed by atoms with E-state index in [2.05, 4.69) is 221 Å². The summed E-state index contributed by atoms with van der Waals surface area (Å²) in [4.78, 5) is 15.8. The summed E-state index contributed by atoms with van der Waals surface area (Å²) >= 11 is 0. The van der Waals surface area contributed by atoms with Gasteiger partial charge in [-0.25, -0.2) is 15.0 Å². The summed E-state index contributed by atoms with van der Waals surface area (Å²) in [7, 11) is 0. The lowest BCUT2D eigenvalue weighted by atomic mass is 10.0. The van der Waals surface area contributed by atoms with Crippen LogP contribution >= 0.6 is 0 Å². The van der Waals surface area contributed by atoms with Crippen molar-refractivity contribution in [3.63, 3.8) is 0 Å². The molecule has 0 saturated carbocycles. The maximum absolute atomic E-state index is 6.38. The van der Waals surface area contributed by atoms with Gasteiger partial charge in [0.05, 0.1) is 22.1 Å². The zero-order valence-corrected chi connectivity index (χ0v) is 37.2. The van der Waals surface area contributed by atoms with Crippen LogP contribution in [-0.2, 0) is 0 Å². The van der Waals surface area contributed by atoms with Crippen LogP contribution in [0, 0.1) is 0 Å². The zero-order valence-electron chi connectivity index (χ0n) is 37.2. The van der Waals surface area contributed by atoms with Crippen molar-refractivity contribution in [3.05, 3.63) is 237 Å². The molecule has 0 bridgehead atoms. The first-order valence-corrected chi connectivity index (χ1v) is 23.3. The smallest absolute Gasteiger partial charge is 0.164 e. The highest BCUT2D eigenvalue weighted by Crippen LogP contribution is 2.39. The van der Waals surface area contributed by atoms with Gasteiger partial charge < -0.3 is 13.6 Å². The van der Waals surface area contributed by atoms with E-state index in [1.807, 2.05) is 24.3 Å². The summed E-state index contributed by atoms with van der Waals surface area (Å²) in [5.41, 5.74) is 15.6. The topological polar surface area (TPSA) is 61.7 Å². The number of furan rings is 1. The van der Waals surface area contributed by atoms with Gasteiger partial charge in [0, 0.05) is 60.4 Å². The number of nitrogens with zero attached hydrogens (tertiary/aromatic N) is 5. The molecular weight excluding hydrogens is 843 g/mol. The fourth-order valence-electron chi connectivity index (χ4n) is 10.3. The van der Waals surface area contributed by atoms with Crippen molar-refractivity contribution in [3.8, 4) is 67.8 Å². The van der Waals surface area contributed by atoms with Crippen LogP contribution in [-0.4, -0.2) is 24.1 Å². The van der Waals surface area contributed by atoms with E-state index in [1.54, 1.807) is 0 Å². The van der Waals surface area contributed by atoms with Gasteiger partial charge in [-0.2, -0.15) is 0 Å². The highest BCUT2D eigenvalue weighted by atomic mass is 16.3. The Hall–Kier alpha value is -9.39. The van der Waals surface area contributed by atoms with Gasteiger partial charge in [-0.3, -0.25) is 0 Å². The van der Waals surface area contributed by atoms with Crippen LogP contribution in [0.15, 0.2) is 241 Å². The molecule has 0 aliphatic heterocycles. The Morgan fingerprint density at radius 3 is 1.36 bits per heavy atom. The fraction of sp³-hybridized carbons (Fsp3) is 0. The summed E-state index contributed by atoms with van der Waals surface area (Å²) < 4.78 is 11.1. The number of hydrogen-bond donors (Lipinski definition) is 0. The minimum absolute atomic E-state index is 0.564. The molecule has 0 aliphatic rings. The lowest BCUT2D eigenvalue weighted by Gasteiger charge is -2.12. The highest BCUT2D eigenvalue weighted by molar-refractivity contribution is 6.12. The third-order valence-corrected chi connectivity index (χ3v) is 13.6. The van der Waals surface area contributed by atoms with Gasteiger partial charge in [0.15, 0.2) is 17.5 Å². The fourth-order valence-corrected chi connectivity index (χ4v) is 10.3. The van der Waals surface area contributed by atoms with Crippen molar-refractivity contribution < 1.29 is 4.42 Å². The van der Waals surface area contributed by atoms with E-state index in [0.717, 1.165) is 77.7 Å². The molecule has 69 heavy (non-hydrogen) atoms. The maximum atomic E-state index is 6.38. The van der Waals surface area contributed by atoms with Gasteiger partial charge in [-0.1, -0.05) is 152 Å². The van der Waals surface area contributed by atoms with Gasteiger partial charge in [0.25, 0.3) is 0 Å². The molecule has 0 amide bonds. The molecule has 0 fully saturated rings. The van der Waals surface area contributed by atoms with E-state index in [9.17, 15) is 0 Å². The normalized spacial score (nSPS) is 11.8. The Kier molecular flexibility index (Phi) is 8.79. The molecule has 14 aromatic rings. The van der Waals surface area contributed by atoms with Crippen molar-refractivity contribution in [2.75, 3.05) is 0 Å². The SMILES string of the molecule is c1ccc(-c2ccc3c(c2)c2ccccc2n3-c2cccc(-c3nc(-c4cccc(-c5ccc6c(c5)c5ccccc5n6-c5ccccc5)c4)nc(-c4ccc5c(c4)oc4ccccc45)n3)c2)cc1. The first kappa shape index (κ1) is 38.8. The Bertz CT molecular complexity index is 4320.